The monoisotopic (exact) mass is 309 g/mol. The summed E-state index contributed by atoms with van der Waals surface area (Å²) < 4.78 is 18.1. The van der Waals surface area contributed by atoms with Crippen LogP contribution in [-0.4, -0.2) is 18.1 Å². The number of ether oxygens (including phenoxy) is 1. The summed E-state index contributed by atoms with van der Waals surface area (Å²) in [6.07, 6.45) is 0. The van der Waals surface area contributed by atoms with E-state index in [-0.39, 0.29) is 22.1 Å². The van der Waals surface area contributed by atoms with Crippen molar-refractivity contribution < 1.29 is 13.9 Å². The first kappa shape index (κ1) is 15.1. The minimum atomic E-state index is -0.717. The first-order valence-electron chi connectivity index (χ1n) is 5.95. The summed E-state index contributed by atoms with van der Waals surface area (Å²) in [5, 5.41) is 0.00278. The maximum atomic E-state index is 13.5. The second-order valence-electron chi connectivity index (χ2n) is 4.44. The summed E-state index contributed by atoms with van der Waals surface area (Å²) in [4.78, 5) is 15.8. The second kappa shape index (κ2) is 5.57. The first-order valence-corrected chi connectivity index (χ1v) is 6.33. The predicted octanol–water partition coefficient (Wildman–Crippen LogP) is 2.80. The van der Waals surface area contributed by atoms with Gasteiger partial charge in [-0.05, 0) is 30.7 Å². The number of rotatable bonds is 2. The number of nitrogens with zero attached hydrogens (tertiary/aromatic N) is 1. The molecule has 7 heteroatoms. The van der Waals surface area contributed by atoms with E-state index in [1.807, 2.05) is 0 Å². The number of carbonyl (C=O) groups excluding carboxylic acids is 1. The van der Waals surface area contributed by atoms with E-state index in [4.69, 9.17) is 23.1 Å². The fourth-order valence-corrected chi connectivity index (χ4v) is 2.01. The smallest absolute Gasteiger partial charge is 0.358 e. The van der Waals surface area contributed by atoms with Gasteiger partial charge in [-0.25, -0.2) is 14.2 Å². The maximum Gasteiger partial charge on any atom is 0.358 e. The lowest BCUT2D eigenvalue weighted by Crippen LogP contribution is -2.08. The van der Waals surface area contributed by atoms with Crippen LogP contribution in [0.25, 0.3) is 11.3 Å². The molecule has 0 fully saturated rings. The van der Waals surface area contributed by atoms with Crippen molar-refractivity contribution in [3.63, 3.8) is 0 Å². The number of pyridine rings is 1. The summed E-state index contributed by atoms with van der Waals surface area (Å²) in [6.45, 7) is 1.60. The van der Waals surface area contributed by atoms with E-state index in [9.17, 15) is 9.18 Å². The third-order valence-corrected chi connectivity index (χ3v) is 3.37. The highest BCUT2D eigenvalue weighted by Crippen LogP contribution is 2.32. The van der Waals surface area contributed by atoms with Gasteiger partial charge in [-0.1, -0.05) is 11.6 Å². The third-order valence-electron chi connectivity index (χ3n) is 2.97. The Morgan fingerprint density at radius 2 is 1.95 bits per heavy atom. The van der Waals surface area contributed by atoms with Crippen LogP contribution in [0.1, 0.15) is 16.1 Å². The average molecular weight is 310 g/mol. The molecule has 4 N–H and O–H groups in total. The van der Waals surface area contributed by atoms with Gasteiger partial charge in [0.15, 0.2) is 5.69 Å². The van der Waals surface area contributed by atoms with Crippen molar-refractivity contribution in [2.75, 3.05) is 18.6 Å². The Morgan fingerprint density at radius 3 is 2.57 bits per heavy atom. The number of methoxy groups -OCH3 is 1. The van der Waals surface area contributed by atoms with Gasteiger partial charge >= 0.3 is 5.97 Å². The second-order valence-corrected chi connectivity index (χ2v) is 4.82. The lowest BCUT2D eigenvalue weighted by atomic mass is 10.0. The highest BCUT2D eigenvalue weighted by Gasteiger charge is 2.19. The van der Waals surface area contributed by atoms with E-state index in [1.54, 1.807) is 6.92 Å². The number of hydrogen-bond acceptors (Lipinski definition) is 5. The molecule has 110 valence electrons. The molecule has 0 amide bonds. The molecule has 0 atom stereocenters. The van der Waals surface area contributed by atoms with E-state index < -0.39 is 11.8 Å². The quantitative estimate of drug-likeness (QED) is 0.657. The molecular formula is C14H13ClFN3O2. The fourth-order valence-electron chi connectivity index (χ4n) is 1.84. The zero-order chi connectivity index (χ0) is 15.7. The Morgan fingerprint density at radius 1 is 1.29 bits per heavy atom. The highest BCUT2D eigenvalue weighted by molar-refractivity contribution is 6.35. The van der Waals surface area contributed by atoms with Crippen molar-refractivity contribution in [1.82, 2.24) is 4.98 Å². The van der Waals surface area contributed by atoms with Crippen molar-refractivity contribution in [2.45, 2.75) is 6.92 Å². The van der Waals surface area contributed by atoms with Crippen molar-refractivity contribution in [1.29, 1.82) is 0 Å². The van der Waals surface area contributed by atoms with Crippen LogP contribution in [0.4, 0.5) is 15.8 Å². The van der Waals surface area contributed by atoms with Crippen molar-refractivity contribution in [3.8, 4) is 11.3 Å². The lowest BCUT2D eigenvalue weighted by molar-refractivity contribution is 0.0594. The SMILES string of the molecule is COC(=O)c1nc(-c2cc(C)c(F)cc2N)cc(N)c1Cl. The molecule has 0 aliphatic heterocycles. The number of aromatic nitrogens is 1. The molecule has 5 nitrogen and oxygen atoms in total. The number of aryl methyl sites for hydroxylation is 1. The van der Waals surface area contributed by atoms with Crippen LogP contribution in [0.2, 0.25) is 5.02 Å². The number of halogens is 2. The molecule has 0 spiro atoms. The zero-order valence-electron chi connectivity index (χ0n) is 11.4. The van der Waals surface area contributed by atoms with Crippen LogP contribution >= 0.6 is 11.6 Å². The molecule has 0 unspecified atom stereocenters. The van der Waals surface area contributed by atoms with Crippen LogP contribution in [0.15, 0.2) is 18.2 Å². The first-order chi connectivity index (χ1) is 9.85. The summed E-state index contributed by atoms with van der Waals surface area (Å²) in [5.41, 5.74) is 13.0. The Kier molecular flexibility index (Phi) is 3.99. The summed E-state index contributed by atoms with van der Waals surface area (Å²) >= 11 is 5.94. The summed E-state index contributed by atoms with van der Waals surface area (Å²) in [6, 6.07) is 4.19. The molecule has 0 saturated heterocycles. The van der Waals surface area contributed by atoms with E-state index in [0.717, 1.165) is 0 Å². The molecule has 0 aliphatic rings. The zero-order valence-corrected chi connectivity index (χ0v) is 12.2. The molecule has 2 aromatic rings. The van der Waals surface area contributed by atoms with Crippen molar-refractivity contribution in [2.24, 2.45) is 0 Å². The number of benzene rings is 1. The summed E-state index contributed by atoms with van der Waals surface area (Å²) in [7, 11) is 1.21. The molecule has 2 rings (SSSR count). The minimum absolute atomic E-state index is 0.00278. The van der Waals surface area contributed by atoms with Gasteiger partial charge < -0.3 is 16.2 Å². The van der Waals surface area contributed by atoms with Gasteiger partial charge in [-0.2, -0.15) is 0 Å². The number of esters is 1. The fraction of sp³-hybridized carbons (Fsp3) is 0.143. The Bertz CT molecular complexity index is 735. The standard InChI is InChI=1S/C14H13ClFN3O2/c1-6-3-7(9(17)4-8(6)16)11-5-10(18)12(15)13(19-11)14(20)21-2/h3-5H,17H2,1-2H3,(H2,18,19). The molecule has 1 aromatic carbocycles. The molecule has 0 aliphatic carbocycles. The van der Waals surface area contributed by atoms with Crippen LogP contribution in [-0.2, 0) is 4.74 Å². The number of nitrogens with two attached hydrogens (primary N) is 2. The van der Waals surface area contributed by atoms with E-state index >= 15 is 0 Å². The molecule has 1 aromatic heterocycles. The van der Waals surface area contributed by atoms with E-state index in [0.29, 0.717) is 16.8 Å². The van der Waals surface area contributed by atoms with Crippen molar-refractivity contribution in [3.05, 3.63) is 40.3 Å². The number of hydrogen-bond donors (Lipinski definition) is 2. The predicted molar refractivity (Wildman–Crippen MR) is 79.5 cm³/mol. The number of nitrogen functional groups attached to an aromatic ring is 2. The number of carbonyl (C=O) groups is 1. The molecular weight excluding hydrogens is 297 g/mol. The average Bonchev–Trinajstić information content (AvgIpc) is 2.45. The topological polar surface area (TPSA) is 91.2 Å². The van der Waals surface area contributed by atoms with Gasteiger partial charge in [0.25, 0.3) is 0 Å². The van der Waals surface area contributed by atoms with Gasteiger partial charge in [0, 0.05) is 11.3 Å². The molecule has 21 heavy (non-hydrogen) atoms. The van der Waals surface area contributed by atoms with Crippen molar-refractivity contribution >= 4 is 28.9 Å². The Hall–Kier alpha value is -2.34. The molecule has 0 bridgehead atoms. The third kappa shape index (κ3) is 2.75. The summed E-state index contributed by atoms with van der Waals surface area (Å²) in [5.74, 6) is -1.14. The number of anilines is 2. The van der Waals surface area contributed by atoms with Crippen LogP contribution in [0.3, 0.4) is 0 Å². The maximum absolute atomic E-state index is 13.5. The van der Waals surface area contributed by atoms with Gasteiger partial charge in [0.1, 0.15) is 5.82 Å². The van der Waals surface area contributed by atoms with Crippen LogP contribution in [0.5, 0.6) is 0 Å². The van der Waals surface area contributed by atoms with Gasteiger partial charge in [-0.15, -0.1) is 0 Å². The lowest BCUT2D eigenvalue weighted by Gasteiger charge is -2.11. The van der Waals surface area contributed by atoms with Crippen LogP contribution in [0, 0.1) is 12.7 Å². The largest absolute Gasteiger partial charge is 0.464 e. The normalized spacial score (nSPS) is 10.5. The van der Waals surface area contributed by atoms with Gasteiger partial charge in [0.2, 0.25) is 0 Å². The van der Waals surface area contributed by atoms with Gasteiger partial charge in [0.05, 0.1) is 23.5 Å². The minimum Gasteiger partial charge on any atom is -0.464 e. The van der Waals surface area contributed by atoms with Crippen LogP contribution < -0.4 is 11.5 Å². The highest BCUT2D eigenvalue weighted by atomic mass is 35.5. The molecule has 0 radical (unpaired) electrons. The van der Waals surface area contributed by atoms with E-state index in [1.165, 1.54) is 25.3 Å². The molecule has 0 saturated carbocycles. The Balaban J connectivity index is 2.68. The Labute approximate surface area is 125 Å². The van der Waals surface area contributed by atoms with Gasteiger partial charge in [-0.3, -0.25) is 0 Å². The molecule has 1 heterocycles. The van der Waals surface area contributed by atoms with E-state index in [2.05, 4.69) is 9.72 Å².